The van der Waals surface area contributed by atoms with Crippen LogP contribution >= 0.6 is 0 Å². The normalized spacial score (nSPS) is 14.7. The summed E-state index contributed by atoms with van der Waals surface area (Å²) in [7, 11) is 0. The summed E-state index contributed by atoms with van der Waals surface area (Å²) < 4.78 is 0. The lowest BCUT2D eigenvalue weighted by molar-refractivity contribution is -0.139. The zero-order chi connectivity index (χ0) is 16.1. The molecule has 2 rings (SSSR count). The Morgan fingerprint density at radius 2 is 1.95 bits per heavy atom. The third-order valence-electron chi connectivity index (χ3n) is 3.40. The van der Waals surface area contributed by atoms with Gasteiger partial charge in [0.15, 0.2) is 0 Å². The molecule has 3 amide bonds. The third-order valence-corrected chi connectivity index (χ3v) is 3.40. The second kappa shape index (κ2) is 6.95. The monoisotopic (exact) mass is 303 g/mol. The predicted molar refractivity (Wildman–Crippen MR) is 76.9 cm³/mol. The molecular formula is C15H17N3O4. The van der Waals surface area contributed by atoms with E-state index in [9.17, 15) is 14.4 Å². The first kappa shape index (κ1) is 15.8. The van der Waals surface area contributed by atoms with Crippen LogP contribution in [0.5, 0.6) is 0 Å². The fourth-order valence-corrected chi connectivity index (χ4v) is 1.97. The first-order valence-corrected chi connectivity index (χ1v) is 6.84. The van der Waals surface area contributed by atoms with E-state index in [4.69, 9.17) is 4.84 Å². The fourth-order valence-electron chi connectivity index (χ4n) is 1.97. The van der Waals surface area contributed by atoms with Gasteiger partial charge in [-0.15, -0.1) is 0 Å². The van der Waals surface area contributed by atoms with Gasteiger partial charge in [0.05, 0.1) is 0 Å². The highest BCUT2D eigenvalue weighted by molar-refractivity contribution is 6.18. The molecule has 1 aromatic rings. The van der Waals surface area contributed by atoms with E-state index in [1.165, 1.54) is 0 Å². The van der Waals surface area contributed by atoms with Crippen molar-refractivity contribution in [2.45, 2.75) is 26.9 Å². The van der Waals surface area contributed by atoms with E-state index in [2.05, 4.69) is 10.5 Å². The van der Waals surface area contributed by atoms with Crippen LogP contribution in [0, 0.1) is 0 Å². The van der Waals surface area contributed by atoms with E-state index in [0.29, 0.717) is 11.1 Å². The molecule has 1 aliphatic heterocycles. The number of carbonyl (C=O) groups excluding carboxylic acids is 3. The summed E-state index contributed by atoms with van der Waals surface area (Å²) >= 11 is 0. The summed E-state index contributed by atoms with van der Waals surface area (Å²) in [5.41, 5.74) is 3.96. The molecule has 1 N–H and O–H groups in total. The van der Waals surface area contributed by atoms with Gasteiger partial charge in [-0.1, -0.05) is 6.07 Å². The van der Waals surface area contributed by atoms with Gasteiger partial charge in [0, 0.05) is 36.5 Å². The van der Waals surface area contributed by atoms with Crippen LogP contribution < -0.4 is 5.48 Å². The molecule has 2 heterocycles. The highest BCUT2D eigenvalue weighted by Gasteiger charge is 2.33. The summed E-state index contributed by atoms with van der Waals surface area (Å²) in [6.45, 7) is 3.44. The molecule has 0 unspecified atom stereocenters. The van der Waals surface area contributed by atoms with E-state index < -0.39 is 5.91 Å². The first-order valence-electron chi connectivity index (χ1n) is 6.84. The van der Waals surface area contributed by atoms with Gasteiger partial charge in [0.25, 0.3) is 11.8 Å². The Labute approximate surface area is 127 Å². The Morgan fingerprint density at radius 3 is 2.55 bits per heavy atom. The van der Waals surface area contributed by atoms with E-state index in [1.807, 2.05) is 6.07 Å². The Bertz CT molecular complexity index is 601. The zero-order valence-corrected chi connectivity index (χ0v) is 12.5. The van der Waals surface area contributed by atoms with Crippen molar-refractivity contribution in [1.82, 2.24) is 15.4 Å². The van der Waals surface area contributed by atoms with Crippen molar-refractivity contribution < 1.29 is 19.2 Å². The Hall–Kier alpha value is -2.54. The van der Waals surface area contributed by atoms with Crippen molar-refractivity contribution in [1.29, 1.82) is 0 Å². The average Bonchev–Trinajstić information content (AvgIpc) is 2.70. The SMILES string of the molecule is CC1=C(C)C(=O)N(CCC(=O)NOCc2cccnc2)C1=O. The van der Waals surface area contributed by atoms with Crippen molar-refractivity contribution in [2.75, 3.05) is 6.54 Å². The van der Waals surface area contributed by atoms with Crippen LogP contribution in [0.3, 0.4) is 0 Å². The summed E-state index contributed by atoms with van der Waals surface area (Å²) in [5, 5.41) is 0. The van der Waals surface area contributed by atoms with Gasteiger partial charge in [0.1, 0.15) is 6.61 Å². The van der Waals surface area contributed by atoms with Crippen LogP contribution in [0.15, 0.2) is 35.7 Å². The first-order chi connectivity index (χ1) is 10.5. The van der Waals surface area contributed by atoms with Crippen molar-refractivity contribution in [3.8, 4) is 0 Å². The van der Waals surface area contributed by atoms with Gasteiger partial charge in [-0.05, 0) is 25.5 Å². The van der Waals surface area contributed by atoms with Gasteiger partial charge in [-0.3, -0.25) is 29.1 Å². The zero-order valence-electron chi connectivity index (χ0n) is 12.5. The Kier molecular flexibility index (Phi) is 5.00. The molecule has 0 spiro atoms. The second-order valence-electron chi connectivity index (χ2n) is 4.94. The molecule has 0 bridgehead atoms. The number of aromatic nitrogens is 1. The number of hydroxylamine groups is 1. The molecule has 1 aliphatic rings. The number of hydrogen-bond donors (Lipinski definition) is 1. The molecule has 7 nitrogen and oxygen atoms in total. The van der Waals surface area contributed by atoms with Crippen LogP contribution in [-0.4, -0.2) is 34.2 Å². The molecule has 22 heavy (non-hydrogen) atoms. The second-order valence-corrected chi connectivity index (χ2v) is 4.94. The Balaban J connectivity index is 1.73. The molecule has 0 saturated carbocycles. The number of carbonyl (C=O) groups is 3. The molecule has 116 valence electrons. The molecule has 0 fully saturated rings. The number of rotatable bonds is 6. The molecule has 7 heteroatoms. The van der Waals surface area contributed by atoms with Gasteiger partial charge in [-0.25, -0.2) is 5.48 Å². The van der Waals surface area contributed by atoms with Gasteiger partial charge in [0.2, 0.25) is 5.91 Å². The maximum Gasteiger partial charge on any atom is 0.256 e. The van der Waals surface area contributed by atoms with Crippen molar-refractivity contribution in [3.63, 3.8) is 0 Å². The molecule has 0 aromatic carbocycles. The van der Waals surface area contributed by atoms with Crippen LogP contribution in [0.4, 0.5) is 0 Å². The highest BCUT2D eigenvalue weighted by Crippen LogP contribution is 2.19. The molecular weight excluding hydrogens is 286 g/mol. The van der Waals surface area contributed by atoms with Crippen LogP contribution in [0.25, 0.3) is 0 Å². The van der Waals surface area contributed by atoms with Gasteiger partial charge in [-0.2, -0.15) is 0 Å². The van der Waals surface area contributed by atoms with E-state index in [1.54, 1.807) is 32.3 Å². The minimum Gasteiger partial charge on any atom is -0.274 e. The molecule has 0 saturated heterocycles. The highest BCUT2D eigenvalue weighted by atomic mass is 16.6. The minimum atomic E-state index is -0.397. The molecule has 1 aromatic heterocycles. The summed E-state index contributed by atoms with van der Waals surface area (Å²) in [5.74, 6) is -1.08. The topological polar surface area (TPSA) is 88.6 Å². The number of nitrogens with zero attached hydrogens (tertiary/aromatic N) is 2. The molecule has 0 atom stereocenters. The number of hydrogen-bond acceptors (Lipinski definition) is 5. The van der Waals surface area contributed by atoms with Crippen molar-refractivity contribution in [3.05, 3.63) is 41.2 Å². The van der Waals surface area contributed by atoms with E-state index >= 15 is 0 Å². The third kappa shape index (κ3) is 3.56. The van der Waals surface area contributed by atoms with Crippen molar-refractivity contribution in [2.24, 2.45) is 0 Å². The predicted octanol–water partition coefficient (Wildman–Crippen LogP) is 0.725. The lowest BCUT2D eigenvalue weighted by Gasteiger charge is -2.14. The van der Waals surface area contributed by atoms with E-state index in [0.717, 1.165) is 10.5 Å². The number of amides is 3. The number of pyridine rings is 1. The quantitative estimate of drug-likeness (QED) is 0.618. The summed E-state index contributed by atoms with van der Waals surface area (Å²) in [6.07, 6.45) is 3.26. The van der Waals surface area contributed by atoms with Crippen LogP contribution in [0.1, 0.15) is 25.8 Å². The van der Waals surface area contributed by atoms with E-state index in [-0.39, 0.29) is 31.4 Å². The number of imide groups is 1. The maximum absolute atomic E-state index is 11.8. The minimum absolute atomic E-state index is 0.00885. The smallest absolute Gasteiger partial charge is 0.256 e. The Morgan fingerprint density at radius 1 is 1.27 bits per heavy atom. The standard InChI is InChI=1S/C15H17N3O4/c1-10-11(2)15(21)18(14(10)20)7-5-13(19)17-22-9-12-4-3-6-16-8-12/h3-4,6,8H,5,7,9H2,1-2H3,(H,17,19). The number of nitrogens with one attached hydrogen (secondary N) is 1. The van der Waals surface area contributed by atoms with Gasteiger partial charge >= 0.3 is 0 Å². The lowest BCUT2D eigenvalue weighted by atomic mass is 10.2. The lowest BCUT2D eigenvalue weighted by Crippen LogP contribution is -2.35. The summed E-state index contributed by atoms with van der Waals surface area (Å²) in [4.78, 5) is 45.3. The van der Waals surface area contributed by atoms with Crippen LogP contribution in [0.2, 0.25) is 0 Å². The summed E-state index contributed by atoms with van der Waals surface area (Å²) in [6, 6.07) is 3.58. The van der Waals surface area contributed by atoms with Crippen molar-refractivity contribution >= 4 is 17.7 Å². The van der Waals surface area contributed by atoms with Crippen LogP contribution in [-0.2, 0) is 25.8 Å². The molecule has 0 radical (unpaired) electrons. The largest absolute Gasteiger partial charge is 0.274 e. The fraction of sp³-hybridized carbons (Fsp3) is 0.333. The van der Waals surface area contributed by atoms with Gasteiger partial charge < -0.3 is 0 Å². The molecule has 0 aliphatic carbocycles. The maximum atomic E-state index is 11.8. The average molecular weight is 303 g/mol.